The van der Waals surface area contributed by atoms with Gasteiger partial charge < -0.3 is 0 Å². The van der Waals surface area contributed by atoms with Crippen molar-refractivity contribution in [3.63, 3.8) is 0 Å². The lowest BCUT2D eigenvalue weighted by Gasteiger charge is -2.01. The Hall–Kier alpha value is -2.57. The fourth-order valence-corrected chi connectivity index (χ4v) is 3.08. The summed E-state index contributed by atoms with van der Waals surface area (Å²) in [4.78, 5) is 3.42. The highest BCUT2D eigenvalue weighted by molar-refractivity contribution is 6.31. The number of nitrogens with one attached hydrogen (secondary N) is 1. The molecule has 1 N–H and O–H groups in total. The van der Waals surface area contributed by atoms with Crippen molar-refractivity contribution in [3.05, 3.63) is 53.1 Å². The summed E-state index contributed by atoms with van der Waals surface area (Å²) >= 11 is 6.10. The van der Waals surface area contributed by atoms with Crippen LogP contribution >= 0.6 is 11.6 Å². The molecule has 4 heteroatoms. The van der Waals surface area contributed by atoms with Gasteiger partial charge in [-0.05, 0) is 42.5 Å². The van der Waals surface area contributed by atoms with Gasteiger partial charge in [0.15, 0.2) is 0 Å². The summed E-state index contributed by atoms with van der Waals surface area (Å²) in [7, 11) is 2.03. The van der Waals surface area contributed by atoms with Crippen LogP contribution in [0, 0.1) is 11.3 Å². The molecule has 0 spiro atoms. The molecule has 21 heavy (non-hydrogen) atoms. The minimum Gasteiger partial charge on any atom is -0.240 e. The van der Waals surface area contributed by atoms with E-state index in [9.17, 15) is 0 Å². The molecule has 0 atom stereocenters. The Kier molecular flexibility index (Phi) is 2.44. The number of aromatic nitrogens is 2. The highest BCUT2D eigenvalue weighted by Crippen LogP contribution is 2.28. The van der Waals surface area contributed by atoms with E-state index < -0.39 is 0 Å². The lowest BCUT2D eigenvalue weighted by molar-refractivity contribution is -0.619. The van der Waals surface area contributed by atoms with Crippen LogP contribution in [-0.2, 0) is 7.05 Å². The molecule has 0 aliphatic heterocycles. The molecule has 4 aromatic rings. The van der Waals surface area contributed by atoms with Crippen molar-refractivity contribution in [3.8, 4) is 6.07 Å². The van der Waals surface area contributed by atoms with Gasteiger partial charge in [0.05, 0.1) is 24.1 Å². The van der Waals surface area contributed by atoms with Crippen molar-refractivity contribution < 1.29 is 4.57 Å². The number of hydrogen-bond donors (Lipinski definition) is 1. The zero-order valence-electron chi connectivity index (χ0n) is 11.3. The van der Waals surface area contributed by atoms with Crippen LogP contribution in [0.25, 0.3) is 32.8 Å². The second-order valence-corrected chi connectivity index (χ2v) is 5.60. The molecule has 2 heterocycles. The van der Waals surface area contributed by atoms with Crippen LogP contribution in [0.1, 0.15) is 5.56 Å². The maximum Gasteiger partial charge on any atom is 0.287 e. The van der Waals surface area contributed by atoms with Crippen molar-refractivity contribution >= 4 is 44.4 Å². The first-order valence-electron chi connectivity index (χ1n) is 6.61. The maximum absolute atomic E-state index is 9.09. The van der Waals surface area contributed by atoms with E-state index in [0.29, 0.717) is 5.56 Å². The van der Waals surface area contributed by atoms with E-state index in [0.717, 1.165) is 37.9 Å². The second-order valence-electron chi connectivity index (χ2n) is 5.17. The van der Waals surface area contributed by atoms with E-state index in [1.165, 1.54) is 0 Å². The Balaban J connectivity index is 2.24. The quantitative estimate of drug-likeness (QED) is 0.492. The third-order valence-electron chi connectivity index (χ3n) is 3.93. The summed E-state index contributed by atoms with van der Waals surface area (Å²) in [6.45, 7) is 0. The Bertz CT molecular complexity index is 1070. The van der Waals surface area contributed by atoms with Crippen LogP contribution in [0.3, 0.4) is 0 Å². The molecule has 100 valence electrons. The van der Waals surface area contributed by atoms with E-state index in [2.05, 4.69) is 21.7 Å². The zero-order valence-corrected chi connectivity index (χ0v) is 12.1. The summed E-state index contributed by atoms with van der Waals surface area (Å²) in [5.41, 5.74) is 3.84. The molecule has 0 unspecified atom stereocenters. The predicted molar refractivity (Wildman–Crippen MR) is 84.2 cm³/mol. The number of aromatic amines is 1. The van der Waals surface area contributed by atoms with E-state index in [1.54, 1.807) is 0 Å². The van der Waals surface area contributed by atoms with Gasteiger partial charge in [-0.15, -0.1) is 0 Å². The zero-order chi connectivity index (χ0) is 14.6. The third kappa shape index (κ3) is 1.70. The molecule has 0 saturated heterocycles. The Morgan fingerprint density at radius 1 is 1.10 bits per heavy atom. The predicted octanol–water partition coefficient (Wildman–Crippen LogP) is 3.82. The lowest BCUT2D eigenvalue weighted by Crippen LogP contribution is -2.30. The number of nitriles is 1. The average molecular weight is 293 g/mol. The highest BCUT2D eigenvalue weighted by Gasteiger charge is 2.16. The van der Waals surface area contributed by atoms with Gasteiger partial charge in [-0.3, -0.25) is 0 Å². The molecule has 0 amide bonds. The van der Waals surface area contributed by atoms with Crippen LogP contribution in [0.15, 0.2) is 42.5 Å². The summed E-state index contributed by atoms with van der Waals surface area (Å²) in [5, 5.41) is 13.0. The van der Waals surface area contributed by atoms with Crippen molar-refractivity contribution in [1.82, 2.24) is 4.98 Å². The first-order valence-corrected chi connectivity index (χ1v) is 6.99. The monoisotopic (exact) mass is 292 g/mol. The minimum absolute atomic E-state index is 0.664. The van der Waals surface area contributed by atoms with Crippen LogP contribution in [0.2, 0.25) is 5.02 Å². The van der Waals surface area contributed by atoms with Crippen molar-refractivity contribution in [1.29, 1.82) is 5.26 Å². The Morgan fingerprint density at radius 2 is 1.95 bits per heavy atom. The van der Waals surface area contributed by atoms with Gasteiger partial charge in [0.2, 0.25) is 0 Å². The molecule has 0 aliphatic carbocycles. The molecule has 0 aliphatic rings. The maximum atomic E-state index is 9.09. The van der Waals surface area contributed by atoms with Gasteiger partial charge in [0.1, 0.15) is 11.0 Å². The first kappa shape index (κ1) is 12.2. The van der Waals surface area contributed by atoms with Crippen molar-refractivity contribution in [2.75, 3.05) is 0 Å². The van der Waals surface area contributed by atoms with E-state index in [4.69, 9.17) is 16.9 Å². The molecule has 3 nitrogen and oxygen atoms in total. The van der Waals surface area contributed by atoms with Gasteiger partial charge in [-0.1, -0.05) is 11.6 Å². The number of aryl methyl sites for hydroxylation is 1. The topological polar surface area (TPSA) is 43.5 Å². The van der Waals surface area contributed by atoms with Crippen LogP contribution in [-0.4, -0.2) is 4.98 Å². The number of fused-ring (bicyclic) bond motifs is 4. The summed E-state index contributed by atoms with van der Waals surface area (Å²) in [6, 6.07) is 15.9. The number of benzene rings is 2. The summed E-state index contributed by atoms with van der Waals surface area (Å²) in [5.74, 6) is 0. The van der Waals surface area contributed by atoms with Gasteiger partial charge in [-0.2, -0.15) is 5.26 Å². The molecule has 0 saturated carbocycles. The SMILES string of the molecule is C[n+]1c2ccc(Cl)cc2cc2c3cc(C#N)ccc3[nH]c21. The standard InChI is InChI=1S/C17H10ClN3/c1-21-16-5-3-12(18)7-11(16)8-14-13-6-10(9-19)2-4-15(13)20-17(14)21/h2-8H,1H3/p+1. The lowest BCUT2D eigenvalue weighted by atomic mass is 10.1. The number of hydrogen-bond acceptors (Lipinski definition) is 1. The van der Waals surface area contributed by atoms with Crippen molar-refractivity contribution in [2.24, 2.45) is 7.05 Å². The average Bonchev–Trinajstić information content (AvgIpc) is 2.85. The third-order valence-corrected chi connectivity index (χ3v) is 4.17. The Labute approximate surface area is 126 Å². The molecule has 2 aromatic carbocycles. The van der Waals surface area contributed by atoms with E-state index in [-0.39, 0.29) is 0 Å². The van der Waals surface area contributed by atoms with Crippen LogP contribution in [0.5, 0.6) is 0 Å². The number of halogens is 1. The van der Waals surface area contributed by atoms with E-state index in [1.807, 2.05) is 43.4 Å². The summed E-state index contributed by atoms with van der Waals surface area (Å²) < 4.78 is 2.12. The van der Waals surface area contributed by atoms with Crippen LogP contribution < -0.4 is 4.57 Å². The summed E-state index contributed by atoms with van der Waals surface area (Å²) in [6.07, 6.45) is 0. The largest absolute Gasteiger partial charge is 0.287 e. The normalized spacial score (nSPS) is 11.3. The van der Waals surface area contributed by atoms with Gasteiger partial charge in [-0.25, -0.2) is 9.55 Å². The minimum atomic E-state index is 0.664. The fourth-order valence-electron chi connectivity index (χ4n) is 2.90. The number of pyridine rings is 1. The molecule has 0 radical (unpaired) electrons. The molecule has 2 aromatic heterocycles. The Morgan fingerprint density at radius 3 is 2.76 bits per heavy atom. The van der Waals surface area contributed by atoms with Gasteiger partial charge >= 0.3 is 0 Å². The van der Waals surface area contributed by atoms with E-state index >= 15 is 0 Å². The first-order chi connectivity index (χ1) is 10.2. The van der Waals surface area contributed by atoms with Gasteiger partial charge in [0, 0.05) is 15.8 Å². The van der Waals surface area contributed by atoms with Crippen LogP contribution in [0.4, 0.5) is 0 Å². The smallest absolute Gasteiger partial charge is 0.240 e. The van der Waals surface area contributed by atoms with Crippen molar-refractivity contribution in [2.45, 2.75) is 0 Å². The molecule has 0 bridgehead atoms. The number of nitrogens with zero attached hydrogens (tertiary/aromatic N) is 2. The molecular weight excluding hydrogens is 282 g/mol. The molecule has 0 fully saturated rings. The highest BCUT2D eigenvalue weighted by atomic mass is 35.5. The molecular formula is C17H11ClN3+. The number of H-pyrrole nitrogens is 1. The molecule has 4 rings (SSSR count). The number of rotatable bonds is 0. The second kappa shape index (κ2) is 4.21. The van der Waals surface area contributed by atoms with Gasteiger partial charge in [0.25, 0.3) is 5.65 Å². The fraction of sp³-hybridized carbons (Fsp3) is 0.0588.